The number of carbonyl (C=O) groups is 1. The molecule has 0 aliphatic rings. The molecule has 0 spiro atoms. The third-order valence-corrected chi connectivity index (χ3v) is 2.91. The van der Waals surface area contributed by atoms with Crippen LogP contribution in [0.3, 0.4) is 0 Å². The van der Waals surface area contributed by atoms with Crippen molar-refractivity contribution in [3.05, 3.63) is 11.1 Å². The molecule has 0 amide bonds. The number of nitrogens with zero attached hydrogens (tertiary/aromatic N) is 1. The number of alkyl halides is 3. The molecule has 1 N–H and O–H groups in total. The van der Waals surface area contributed by atoms with Crippen molar-refractivity contribution in [2.45, 2.75) is 38.9 Å². The number of hydrogen-bond donors (Lipinski definition) is 1. The first kappa shape index (κ1) is 15.7. The van der Waals surface area contributed by atoms with Crippen molar-refractivity contribution in [2.24, 2.45) is 0 Å². The predicted octanol–water partition coefficient (Wildman–Crippen LogP) is 3.00. The van der Waals surface area contributed by atoms with E-state index in [9.17, 15) is 18.0 Å². The van der Waals surface area contributed by atoms with Crippen LogP contribution in [0.1, 0.15) is 26.0 Å². The van der Waals surface area contributed by atoms with Crippen molar-refractivity contribution in [3.8, 4) is 0 Å². The van der Waals surface area contributed by atoms with E-state index in [1.54, 1.807) is 12.3 Å². The molecule has 19 heavy (non-hydrogen) atoms. The first-order valence-corrected chi connectivity index (χ1v) is 6.61. The minimum Gasteiger partial charge on any atom is -0.466 e. The Labute approximate surface area is 113 Å². The van der Waals surface area contributed by atoms with Crippen molar-refractivity contribution < 1.29 is 22.7 Å². The van der Waals surface area contributed by atoms with E-state index in [2.05, 4.69) is 10.3 Å². The highest BCUT2D eigenvalue weighted by Gasteiger charge is 2.30. The lowest BCUT2D eigenvalue weighted by Crippen LogP contribution is -2.23. The van der Waals surface area contributed by atoms with Gasteiger partial charge in [0.15, 0.2) is 5.13 Å². The Morgan fingerprint density at radius 3 is 2.84 bits per heavy atom. The Morgan fingerprint density at radius 1 is 1.58 bits per heavy atom. The summed E-state index contributed by atoms with van der Waals surface area (Å²) in [5.41, 5.74) is 0.491. The highest BCUT2D eigenvalue weighted by atomic mass is 32.1. The van der Waals surface area contributed by atoms with E-state index in [1.807, 2.05) is 0 Å². The summed E-state index contributed by atoms with van der Waals surface area (Å²) in [4.78, 5) is 15.2. The van der Waals surface area contributed by atoms with Gasteiger partial charge < -0.3 is 10.1 Å². The van der Waals surface area contributed by atoms with Crippen molar-refractivity contribution in [2.75, 3.05) is 11.9 Å². The van der Waals surface area contributed by atoms with Gasteiger partial charge in [-0.15, -0.1) is 11.3 Å². The topological polar surface area (TPSA) is 51.2 Å². The maximum Gasteiger partial charge on any atom is 0.391 e. The molecule has 0 radical (unpaired) electrons. The van der Waals surface area contributed by atoms with Crippen LogP contribution in [-0.4, -0.2) is 29.8 Å². The molecule has 1 heterocycles. The van der Waals surface area contributed by atoms with Gasteiger partial charge in [-0.3, -0.25) is 4.79 Å². The van der Waals surface area contributed by atoms with Crippen molar-refractivity contribution in [1.82, 2.24) is 4.98 Å². The number of esters is 1. The van der Waals surface area contributed by atoms with Gasteiger partial charge in [-0.1, -0.05) is 0 Å². The molecule has 0 fully saturated rings. The van der Waals surface area contributed by atoms with E-state index in [1.165, 1.54) is 18.3 Å². The van der Waals surface area contributed by atoms with Crippen LogP contribution >= 0.6 is 11.3 Å². The van der Waals surface area contributed by atoms with Crippen LogP contribution in [-0.2, 0) is 16.0 Å². The van der Waals surface area contributed by atoms with Crippen LogP contribution in [0.4, 0.5) is 18.3 Å². The van der Waals surface area contributed by atoms with Crippen molar-refractivity contribution in [1.29, 1.82) is 0 Å². The number of ether oxygens (including phenoxy) is 1. The summed E-state index contributed by atoms with van der Waals surface area (Å²) in [5, 5.41) is 4.66. The smallest absolute Gasteiger partial charge is 0.391 e. The molecule has 1 rings (SSSR count). The molecule has 8 heteroatoms. The van der Waals surface area contributed by atoms with E-state index in [0.717, 1.165) is 0 Å². The molecule has 4 nitrogen and oxygen atoms in total. The number of halogens is 3. The Bertz CT molecular complexity index is 420. The lowest BCUT2D eigenvalue weighted by molar-refractivity contribution is -0.142. The standard InChI is InChI=1S/C11H15F3N2O2S/c1-3-18-9(17)4-8-6-19-10(16-8)15-7(2)5-11(12,13)14/h6-7H,3-5H2,1-2H3,(H,15,16). The molecule has 1 atom stereocenters. The van der Waals surface area contributed by atoms with Gasteiger partial charge in [0.25, 0.3) is 0 Å². The van der Waals surface area contributed by atoms with Gasteiger partial charge in [0.2, 0.25) is 0 Å². The molecule has 0 saturated heterocycles. The maximum atomic E-state index is 12.2. The molecular weight excluding hydrogens is 281 g/mol. The number of thiazole rings is 1. The number of nitrogens with one attached hydrogen (secondary N) is 1. The molecule has 0 aliphatic heterocycles. The van der Waals surface area contributed by atoms with E-state index >= 15 is 0 Å². The highest BCUT2D eigenvalue weighted by molar-refractivity contribution is 7.13. The fourth-order valence-electron chi connectivity index (χ4n) is 1.42. The van der Waals surface area contributed by atoms with Crippen LogP contribution < -0.4 is 5.32 Å². The van der Waals surface area contributed by atoms with Crippen LogP contribution in [0.5, 0.6) is 0 Å². The quantitative estimate of drug-likeness (QED) is 0.820. The van der Waals surface area contributed by atoms with Crippen molar-refractivity contribution in [3.63, 3.8) is 0 Å². The molecule has 0 aliphatic carbocycles. The zero-order valence-corrected chi connectivity index (χ0v) is 11.4. The minimum atomic E-state index is -4.21. The second-order valence-corrected chi connectivity index (χ2v) is 4.85. The van der Waals surface area contributed by atoms with E-state index < -0.39 is 24.6 Å². The number of carbonyl (C=O) groups excluding carboxylic acids is 1. The van der Waals surface area contributed by atoms with Gasteiger partial charge in [0, 0.05) is 11.4 Å². The summed E-state index contributed by atoms with van der Waals surface area (Å²) in [6, 6.07) is -0.762. The first-order valence-electron chi connectivity index (χ1n) is 5.73. The van der Waals surface area contributed by atoms with Gasteiger partial charge in [-0.05, 0) is 13.8 Å². The molecule has 0 aromatic carbocycles. The van der Waals surface area contributed by atoms with Crippen LogP contribution in [0.15, 0.2) is 5.38 Å². The largest absolute Gasteiger partial charge is 0.466 e. The van der Waals surface area contributed by atoms with Gasteiger partial charge in [-0.2, -0.15) is 13.2 Å². The summed E-state index contributed by atoms with van der Waals surface area (Å²) in [6.45, 7) is 3.42. The molecule has 108 valence electrons. The average Bonchev–Trinajstić information content (AvgIpc) is 2.62. The summed E-state index contributed by atoms with van der Waals surface area (Å²) in [6.07, 6.45) is -5.11. The molecular formula is C11H15F3N2O2S. The number of hydrogen-bond acceptors (Lipinski definition) is 5. The fraction of sp³-hybridized carbons (Fsp3) is 0.636. The molecule has 0 bridgehead atoms. The Morgan fingerprint density at radius 2 is 2.26 bits per heavy atom. The van der Waals surface area contributed by atoms with Crippen LogP contribution in [0.2, 0.25) is 0 Å². The zero-order chi connectivity index (χ0) is 14.5. The molecule has 1 aromatic heterocycles. The van der Waals surface area contributed by atoms with Gasteiger partial charge in [0.05, 0.1) is 25.1 Å². The van der Waals surface area contributed by atoms with E-state index in [4.69, 9.17) is 4.74 Å². The second-order valence-electron chi connectivity index (χ2n) is 3.99. The Kier molecular flexibility index (Phi) is 5.59. The van der Waals surface area contributed by atoms with Crippen LogP contribution in [0, 0.1) is 0 Å². The summed E-state index contributed by atoms with van der Waals surface area (Å²) >= 11 is 1.17. The fourth-order valence-corrected chi connectivity index (χ4v) is 2.25. The lowest BCUT2D eigenvalue weighted by Gasteiger charge is -2.14. The lowest BCUT2D eigenvalue weighted by atomic mass is 10.2. The van der Waals surface area contributed by atoms with E-state index in [-0.39, 0.29) is 13.0 Å². The zero-order valence-electron chi connectivity index (χ0n) is 10.6. The van der Waals surface area contributed by atoms with Gasteiger partial charge >= 0.3 is 12.1 Å². The van der Waals surface area contributed by atoms with Gasteiger partial charge in [-0.25, -0.2) is 4.98 Å². The predicted molar refractivity (Wildman–Crippen MR) is 66.2 cm³/mol. The normalized spacial score (nSPS) is 13.1. The molecule has 0 saturated carbocycles. The Hall–Kier alpha value is -1.31. The van der Waals surface area contributed by atoms with E-state index in [0.29, 0.717) is 10.8 Å². The summed E-state index contributed by atoms with van der Waals surface area (Å²) in [5.74, 6) is -0.400. The highest BCUT2D eigenvalue weighted by Crippen LogP contribution is 2.24. The first-order chi connectivity index (χ1) is 8.80. The number of rotatable bonds is 6. The summed E-state index contributed by atoms with van der Waals surface area (Å²) < 4.78 is 41.2. The average molecular weight is 296 g/mol. The second kappa shape index (κ2) is 6.74. The number of aromatic nitrogens is 1. The SMILES string of the molecule is CCOC(=O)Cc1csc(NC(C)CC(F)(F)F)n1. The molecule has 1 unspecified atom stereocenters. The van der Waals surface area contributed by atoms with Gasteiger partial charge in [0.1, 0.15) is 0 Å². The monoisotopic (exact) mass is 296 g/mol. The molecule has 1 aromatic rings. The third kappa shape index (κ3) is 6.42. The minimum absolute atomic E-state index is 0.0275. The maximum absolute atomic E-state index is 12.2. The number of anilines is 1. The summed E-state index contributed by atoms with van der Waals surface area (Å²) in [7, 11) is 0. The Balaban J connectivity index is 2.48. The van der Waals surface area contributed by atoms with Crippen molar-refractivity contribution >= 4 is 22.4 Å². The third-order valence-electron chi connectivity index (χ3n) is 2.09. The van der Waals surface area contributed by atoms with Crippen LogP contribution in [0.25, 0.3) is 0 Å².